The first-order valence-electron chi connectivity index (χ1n) is 13.0. The van der Waals surface area contributed by atoms with E-state index in [2.05, 4.69) is 42.3 Å². The van der Waals surface area contributed by atoms with Crippen LogP contribution in [0.25, 0.3) is 10.9 Å². The zero-order chi connectivity index (χ0) is 29.7. The van der Waals surface area contributed by atoms with E-state index in [9.17, 15) is 9.59 Å². The van der Waals surface area contributed by atoms with Crippen molar-refractivity contribution in [1.29, 1.82) is 0 Å². The lowest BCUT2D eigenvalue weighted by atomic mass is 10.1. The SMILES string of the molecule is CCOc1cc(C=Nn2c([C@H](C)CC)nc3ccc(Br)cc3c2=O)c(Br)c(Cl)c1OCC(=O)Nc1ccc(C)cc1. The molecule has 0 aliphatic carbocycles. The van der Waals surface area contributed by atoms with Gasteiger partial charge in [0.05, 0.1) is 23.7 Å². The molecule has 1 amide bonds. The fourth-order valence-corrected chi connectivity index (χ4v) is 4.98. The number of nitrogens with one attached hydrogen (secondary N) is 1. The third-order valence-electron chi connectivity index (χ3n) is 6.34. The van der Waals surface area contributed by atoms with Gasteiger partial charge in [-0.1, -0.05) is 59.1 Å². The van der Waals surface area contributed by atoms with Crippen LogP contribution in [-0.4, -0.2) is 35.0 Å². The maximum atomic E-state index is 13.5. The van der Waals surface area contributed by atoms with Crippen LogP contribution in [0.5, 0.6) is 11.5 Å². The third kappa shape index (κ3) is 7.17. The normalized spacial score (nSPS) is 12.1. The molecule has 3 aromatic carbocycles. The van der Waals surface area contributed by atoms with Crippen molar-refractivity contribution in [3.8, 4) is 11.5 Å². The zero-order valence-electron chi connectivity index (χ0n) is 23.0. The first kappa shape index (κ1) is 30.7. The molecule has 1 aromatic heterocycles. The number of benzene rings is 3. The smallest absolute Gasteiger partial charge is 0.282 e. The second kappa shape index (κ2) is 13.6. The van der Waals surface area contributed by atoms with Gasteiger partial charge in [-0.2, -0.15) is 9.78 Å². The minimum atomic E-state index is -0.346. The monoisotopic (exact) mass is 702 g/mol. The molecular formula is C30H29Br2ClN4O4. The van der Waals surface area contributed by atoms with Crippen molar-refractivity contribution in [3.63, 3.8) is 0 Å². The average molecular weight is 705 g/mol. The van der Waals surface area contributed by atoms with Crippen LogP contribution in [0.2, 0.25) is 5.02 Å². The van der Waals surface area contributed by atoms with Crippen LogP contribution in [0.15, 0.2) is 67.4 Å². The van der Waals surface area contributed by atoms with Crippen LogP contribution in [0, 0.1) is 6.92 Å². The Labute approximate surface area is 260 Å². The van der Waals surface area contributed by atoms with Crippen molar-refractivity contribution in [2.75, 3.05) is 18.5 Å². The molecule has 41 heavy (non-hydrogen) atoms. The number of aryl methyl sites for hydroxylation is 1. The first-order valence-corrected chi connectivity index (χ1v) is 15.0. The summed E-state index contributed by atoms with van der Waals surface area (Å²) >= 11 is 13.6. The fraction of sp³-hybridized carbons (Fsp3) is 0.267. The molecule has 1 N–H and O–H groups in total. The number of fused-ring (bicyclic) bond motifs is 1. The second-order valence-corrected chi connectivity index (χ2v) is 11.4. The molecule has 0 aliphatic rings. The highest BCUT2D eigenvalue weighted by Gasteiger charge is 2.20. The Hall–Kier alpha value is -3.21. The predicted molar refractivity (Wildman–Crippen MR) is 171 cm³/mol. The fourth-order valence-electron chi connectivity index (χ4n) is 3.97. The van der Waals surface area contributed by atoms with Gasteiger partial charge in [0.2, 0.25) is 0 Å². The summed E-state index contributed by atoms with van der Waals surface area (Å²) in [4.78, 5) is 30.8. The summed E-state index contributed by atoms with van der Waals surface area (Å²) in [5.74, 6) is 0.740. The minimum absolute atomic E-state index is 0.0132. The summed E-state index contributed by atoms with van der Waals surface area (Å²) < 4.78 is 14.2. The summed E-state index contributed by atoms with van der Waals surface area (Å²) in [7, 11) is 0. The Morgan fingerprint density at radius 1 is 1.15 bits per heavy atom. The second-order valence-electron chi connectivity index (χ2n) is 9.36. The Morgan fingerprint density at radius 3 is 2.56 bits per heavy atom. The van der Waals surface area contributed by atoms with Gasteiger partial charge in [-0.05, 0) is 72.6 Å². The largest absolute Gasteiger partial charge is 0.490 e. The molecule has 1 heterocycles. The Morgan fingerprint density at radius 2 is 1.88 bits per heavy atom. The molecule has 11 heteroatoms. The molecule has 0 aliphatic heterocycles. The van der Waals surface area contributed by atoms with E-state index in [0.29, 0.717) is 44.8 Å². The number of nitrogens with zero attached hydrogens (tertiary/aromatic N) is 3. The van der Waals surface area contributed by atoms with Gasteiger partial charge in [-0.15, -0.1) is 0 Å². The predicted octanol–water partition coefficient (Wildman–Crippen LogP) is 7.70. The molecule has 4 aromatic rings. The van der Waals surface area contributed by atoms with Crippen LogP contribution in [0.3, 0.4) is 0 Å². The highest BCUT2D eigenvalue weighted by Crippen LogP contribution is 2.42. The highest BCUT2D eigenvalue weighted by molar-refractivity contribution is 9.10. The number of ether oxygens (including phenoxy) is 2. The van der Waals surface area contributed by atoms with Crippen molar-refractivity contribution in [1.82, 2.24) is 9.66 Å². The number of anilines is 1. The van der Waals surface area contributed by atoms with Crippen LogP contribution in [0.4, 0.5) is 5.69 Å². The number of carbonyl (C=O) groups excluding carboxylic acids is 1. The maximum absolute atomic E-state index is 13.5. The molecule has 0 radical (unpaired) electrons. The van der Waals surface area contributed by atoms with E-state index in [1.54, 1.807) is 12.1 Å². The van der Waals surface area contributed by atoms with Crippen LogP contribution in [0.1, 0.15) is 50.1 Å². The van der Waals surface area contributed by atoms with Gasteiger partial charge in [0.25, 0.3) is 11.5 Å². The summed E-state index contributed by atoms with van der Waals surface area (Å²) in [6.07, 6.45) is 2.29. The van der Waals surface area contributed by atoms with Crippen molar-refractivity contribution in [2.24, 2.45) is 5.10 Å². The first-order chi connectivity index (χ1) is 19.6. The van der Waals surface area contributed by atoms with Crippen LogP contribution in [-0.2, 0) is 4.79 Å². The third-order valence-corrected chi connectivity index (χ3v) is 8.27. The number of aromatic nitrogens is 2. The molecule has 1 atom stereocenters. The van der Waals surface area contributed by atoms with Crippen LogP contribution < -0.4 is 20.3 Å². The molecule has 0 saturated carbocycles. The summed E-state index contributed by atoms with van der Waals surface area (Å²) in [6, 6.07) is 14.5. The Balaban J connectivity index is 1.67. The number of hydrogen-bond acceptors (Lipinski definition) is 6. The number of amides is 1. The summed E-state index contributed by atoms with van der Waals surface area (Å²) in [5.41, 5.74) is 2.62. The molecule has 214 valence electrons. The number of rotatable bonds is 10. The number of halogens is 3. The summed E-state index contributed by atoms with van der Waals surface area (Å²) in [5, 5.41) is 7.98. The quantitative estimate of drug-likeness (QED) is 0.171. The lowest BCUT2D eigenvalue weighted by molar-refractivity contribution is -0.118. The van der Waals surface area contributed by atoms with E-state index in [1.807, 2.05) is 64.1 Å². The van der Waals surface area contributed by atoms with E-state index in [0.717, 1.165) is 16.5 Å². The molecule has 0 fully saturated rings. The van der Waals surface area contributed by atoms with E-state index in [-0.39, 0.29) is 34.8 Å². The van der Waals surface area contributed by atoms with E-state index in [1.165, 1.54) is 10.9 Å². The van der Waals surface area contributed by atoms with Gasteiger partial charge in [-0.25, -0.2) is 4.98 Å². The van der Waals surface area contributed by atoms with E-state index in [4.69, 9.17) is 26.1 Å². The number of hydrogen-bond donors (Lipinski definition) is 1. The van der Waals surface area contributed by atoms with Crippen LogP contribution >= 0.6 is 43.5 Å². The lowest BCUT2D eigenvalue weighted by Crippen LogP contribution is -2.23. The van der Waals surface area contributed by atoms with Crippen molar-refractivity contribution in [2.45, 2.75) is 40.0 Å². The Kier molecular flexibility index (Phi) is 10.2. The summed E-state index contributed by atoms with van der Waals surface area (Å²) in [6.45, 7) is 7.88. The molecular weight excluding hydrogens is 676 g/mol. The van der Waals surface area contributed by atoms with Gasteiger partial charge in [0.15, 0.2) is 18.1 Å². The van der Waals surface area contributed by atoms with Gasteiger partial charge in [0.1, 0.15) is 10.8 Å². The lowest BCUT2D eigenvalue weighted by Gasteiger charge is -2.16. The molecule has 4 rings (SSSR count). The number of carbonyl (C=O) groups is 1. The molecule has 0 bridgehead atoms. The van der Waals surface area contributed by atoms with E-state index < -0.39 is 0 Å². The molecule has 0 spiro atoms. The van der Waals surface area contributed by atoms with Gasteiger partial charge >= 0.3 is 0 Å². The van der Waals surface area contributed by atoms with E-state index >= 15 is 0 Å². The molecule has 0 saturated heterocycles. The minimum Gasteiger partial charge on any atom is -0.490 e. The Bertz CT molecular complexity index is 1670. The van der Waals surface area contributed by atoms with Gasteiger partial charge in [-0.3, -0.25) is 9.59 Å². The van der Waals surface area contributed by atoms with Gasteiger partial charge < -0.3 is 14.8 Å². The molecule has 8 nitrogen and oxygen atoms in total. The van der Waals surface area contributed by atoms with Crippen molar-refractivity contribution < 1.29 is 14.3 Å². The van der Waals surface area contributed by atoms with Crippen molar-refractivity contribution >= 4 is 72.2 Å². The zero-order valence-corrected chi connectivity index (χ0v) is 26.9. The van der Waals surface area contributed by atoms with Gasteiger partial charge in [0, 0.05) is 26.1 Å². The standard InChI is InChI=1S/C30H29Br2ClN4O4/c1-5-18(4)29-36-23-12-9-20(31)14-22(23)30(39)37(29)34-15-19-13-24(40-6-2)28(27(33)26(19)32)41-16-25(38)35-21-10-7-17(3)8-11-21/h7-15,18H,5-6,16H2,1-4H3,(H,35,38)/t18-/m1/s1. The maximum Gasteiger partial charge on any atom is 0.282 e. The highest BCUT2D eigenvalue weighted by atomic mass is 79.9. The van der Waals surface area contributed by atoms with Crippen molar-refractivity contribution in [3.05, 3.63) is 89.8 Å². The molecule has 0 unspecified atom stereocenters. The topological polar surface area (TPSA) is 94.8 Å². The average Bonchev–Trinajstić information content (AvgIpc) is 2.95.